The van der Waals surface area contributed by atoms with Gasteiger partial charge in [0, 0.05) is 5.02 Å². The second kappa shape index (κ2) is 6.08. The van der Waals surface area contributed by atoms with E-state index in [2.05, 4.69) is 11.6 Å². The van der Waals surface area contributed by atoms with E-state index in [1.165, 1.54) is 24.3 Å². The van der Waals surface area contributed by atoms with Crippen LogP contribution in [0.25, 0.3) is 0 Å². The molecule has 0 fully saturated rings. The summed E-state index contributed by atoms with van der Waals surface area (Å²) in [7, 11) is -3.60. The van der Waals surface area contributed by atoms with Gasteiger partial charge in [-0.15, -0.1) is 0 Å². The average molecular weight is 363 g/mol. The lowest BCUT2D eigenvalue weighted by Crippen LogP contribution is -2.50. The Kier molecular flexibility index (Phi) is 5.26. The molecule has 1 aromatic rings. The van der Waals surface area contributed by atoms with Gasteiger partial charge >= 0.3 is 10.6 Å². The number of hydrogen-bond acceptors (Lipinski definition) is 2. The van der Waals surface area contributed by atoms with E-state index in [4.69, 9.17) is 16.9 Å². The van der Waals surface area contributed by atoms with E-state index in [0.717, 1.165) is 6.92 Å². The number of benzene rings is 1. The quantitative estimate of drug-likeness (QED) is 0.640. The zero-order valence-corrected chi connectivity index (χ0v) is 12.7. The highest BCUT2D eigenvalue weighted by Crippen LogP contribution is 2.40. The van der Waals surface area contributed by atoms with Crippen molar-refractivity contribution in [1.82, 2.24) is 4.72 Å². The van der Waals surface area contributed by atoms with Gasteiger partial charge in [0.25, 0.3) is 0 Å². The molecule has 0 aliphatic rings. The normalized spacial score (nSPS) is 16.9. The van der Waals surface area contributed by atoms with E-state index in [-0.39, 0.29) is 5.56 Å². The van der Waals surface area contributed by atoms with Crippen LogP contribution in [0.1, 0.15) is 12.5 Å². The van der Waals surface area contributed by atoms with E-state index in [9.17, 15) is 21.8 Å². The molecule has 2 atom stereocenters. The van der Waals surface area contributed by atoms with E-state index in [0.29, 0.717) is 5.02 Å². The fourth-order valence-electron chi connectivity index (χ4n) is 1.28. The molecule has 0 saturated carbocycles. The highest BCUT2D eigenvalue weighted by Gasteiger charge is 2.61. The summed E-state index contributed by atoms with van der Waals surface area (Å²) in [6.45, 7) is 1.11. The lowest BCUT2D eigenvalue weighted by atomic mass is 9.95. The monoisotopic (exact) mass is 362 g/mol. The third-order valence-corrected chi connectivity index (χ3v) is 4.42. The average Bonchev–Trinajstić information content (AvgIpc) is 2.37. The number of nitrogens with zero attached hydrogens (tertiary/aromatic N) is 1. The highest BCUT2D eigenvalue weighted by molar-refractivity contribution is 7.84. The standard InChI is InChI=1S/C11H8Cl2F4N2OS/c1-9(6-18,7-2-4-8(12)5-3-7)19-21(20)11(16,17)10(13,14)15/h2-5,19H,1H3. The molecule has 1 rings (SSSR count). The maximum absolute atomic E-state index is 13.2. The van der Waals surface area contributed by atoms with Crippen LogP contribution in [0.3, 0.4) is 0 Å². The lowest BCUT2D eigenvalue weighted by molar-refractivity contribution is -0.0941. The third-order valence-electron chi connectivity index (χ3n) is 2.50. The molecule has 10 heteroatoms. The van der Waals surface area contributed by atoms with Gasteiger partial charge in [0.15, 0.2) is 11.0 Å². The zero-order chi connectivity index (χ0) is 16.5. The Labute approximate surface area is 130 Å². The SMILES string of the molecule is CC(C#N)(NS(=O)C(F)(F)C(F)(F)Cl)c1ccc(Cl)cc1. The largest absolute Gasteiger partial charge is 0.410 e. The molecule has 21 heavy (non-hydrogen) atoms. The van der Waals surface area contributed by atoms with Crippen LogP contribution in [0, 0.1) is 11.3 Å². The molecule has 1 N–H and O–H groups in total. The molecule has 0 spiro atoms. The second-order valence-corrected chi connectivity index (χ2v) is 6.29. The number of nitriles is 1. The molecule has 0 saturated heterocycles. The van der Waals surface area contributed by atoms with Crippen LogP contribution in [0.5, 0.6) is 0 Å². The summed E-state index contributed by atoms with van der Waals surface area (Å²) in [5.41, 5.74) is -1.78. The van der Waals surface area contributed by atoms with Crippen molar-refractivity contribution in [3.63, 3.8) is 0 Å². The Balaban J connectivity index is 3.10. The molecule has 0 bridgehead atoms. The topological polar surface area (TPSA) is 52.9 Å². The van der Waals surface area contributed by atoms with Crippen molar-refractivity contribution in [1.29, 1.82) is 5.26 Å². The lowest BCUT2D eigenvalue weighted by Gasteiger charge is -2.27. The Morgan fingerprint density at radius 1 is 1.24 bits per heavy atom. The molecule has 0 heterocycles. The highest BCUT2D eigenvalue weighted by atomic mass is 35.5. The molecule has 2 unspecified atom stereocenters. The fraction of sp³-hybridized carbons (Fsp3) is 0.364. The Hall–Kier alpha value is -0.880. The van der Waals surface area contributed by atoms with Crippen molar-refractivity contribution >= 4 is 34.2 Å². The van der Waals surface area contributed by atoms with Crippen molar-refractivity contribution in [2.45, 2.75) is 23.1 Å². The minimum Gasteiger partial charge on any atom is -0.236 e. The molecule has 116 valence electrons. The third kappa shape index (κ3) is 3.86. The molecule has 0 aliphatic heterocycles. The predicted octanol–water partition coefficient (Wildman–Crippen LogP) is 3.76. The van der Waals surface area contributed by atoms with Gasteiger partial charge in [-0.2, -0.15) is 22.8 Å². The van der Waals surface area contributed by atoms with Gasteiger partial charge in [0.2, 0.25) is 0 Å². The van der Waals surface area contributed by atoms with Gasteiger partial charge in [-0.25, -0.2) is 8.93 Å². The van der Waals surface area contributed by atoms with Crippen molar-refractivity contribution in [3.8, 4) is 6.07 Å². The summed E-state index contributed by atoms with van der Waals surface area (Å²) in [5, 5.41) is -0.685. The smallest absolute Gasteiger partial charge is 0.236 e. The van der Waals surface area contributed by atoms with Crippen LogP contribution in [0.4, 0.5) is 17.6 Å². The van der Waals surface area contributed by atoms with Gasteiger partial charge in [0.05, 0.1) is 6.07 Å². The number of halogens is 6. The zero-order valence-electron chi connectivity index (χ0n) is 10.3. The molecule has 3 nitrogen and oxygen atoms in total. The minimum atomic E-state index is -5.06. The van der Waals surface area contributed by atoms with Crippen molar-refractivity contribution in [2.75, 3.05) is 0 Å². The van der Waals surface area contributed by atoms with E-state index < -0.39 is 27.2 Å². The van der Waals surface area contributed by atoms with Crippen LogP contribution in [-0.4, -0.2) is 14.8 Å². The molecule has 1 aromatic carbocycles. The van der Waals surface area contributed by atoms with Crippen molar-refractivity contribution in [3.05, 3.63) is 34.9 Å². The van der Waals surface area contributed by atoms with Gasteiger partial charge in [-0.05, 0) is 36.2 Å². The first-order valence-corrected chi connectivity index (χ1v) is 7.16. The van der Waals surface area contributed by atoms with Gasteiger partial charge < -0.3 is 0 Å². The summed E-state index contributed by atoms with van der Waals surface area (Å²) in [4.78, 5) is 0. The van der Waals surface area contributed by atoms with Gasteiger partial charge in [-0.3, -0.25) is 0 Å². The van der Waals surface area contributed by atoms with Gasteiger partial charge in [-0.1, -0.05) is 23.7 Å². The van der Waals surface area contributed by atoms with E-state index in [1.54, 1.807) is 10.8 Å². The summed E-state index contributed by atoms with van der Waals surface area (Å²) < 4.78 is 64.6. The van der Waals surface area contributed by atoms with Crippen LogP contribution in [0.2, 0.25) is 5.02 Å². The van der Waals surface area contributed by atoms with E-state index >= 15 is 0 Å². The summed E-state index contributed by atoms with van der Waals surface area (Å²) >= 11 is 9.88. The first kappa shape index (κ1) is 18.2. The van der Waals surface area contributed by atoms with Crippen LogP contribution < -0.4 is 4.72 Å². The van der Waals surface area contributed by atoms with Crippen LogP contribution in [0.15, 0.2) is 24.3 Å². The molecular weight excluding hydrogens is 355 g/mol. The Morgan fingerprint density at radius 3 is 2.10 bits per heavy atom. The molecule has 0 radical (unpaired) electrons. The molecule has 0 aromatic heterocycles. The van der Waals surface area contributed by atoms with Crippen molar-refractivity contribution < 1.29 is 21.8 Å². The summed E-state index contributed by atoms with van der Waals surface area (Å²) in [6.07, 6.45) is 0. The number of alkyl halides is 5. The predicted molar refractivity (Wildman–Crippen MR) is 71.4 cm³/mol. The number of rotatable bonds is 5. The molecule has 0 aliphatic carbocycles. The fourth-order valence-corrected chi connectivity index (χ4v) is 2.49. The molecular formula is C11H8Cl2F4N2OS. The van der Waals surface area contributed by atoms with Crippen molar-refractivity contribution in [2.24, 2.45) is 0 Å². The maximum atomic E-state index is 13.2. The van der Waals surface area contributed by atoms with Crippen LogP contribution >= 0.6 is 23.2 Å². The minimum absolute atomic E-state index is 0.122. The summed E-state index contributed by atoms with van der Waals surface area (Å²) in [5.74, 6) is 0. The Morgan fingerprint density at radius 2 is 1.71 bits per heavy atom. The first-order chi connectivity index (χ1) is 9.44. The van der Waals surface area contributed by atoms with Crippen LogP contribution in [-0.2, 0) is 16.5 Å². The van der Waals surface area contributed by atoms with E-state index in [1.807, 2.05) is 0 Å². The summed E-state index contributed by atoms with van der Waals surface area (Å²) in [6, 6.07) is 6.96. The second-order valence-electron chi connectivity index (χ2n) is 4.13. The molecule has 0 amide bonds. The maximum Gasteiger partial charge on any atom is 0.410 e. The number of nitrogens with one attached hydrogen (secondary N) is 1. The van der Waals surface area contributed by atoms with Gasteiger partial charge in [0.1, 0.15) is 5.54 Å². The number of hydrogen-bond donors (Lipinski definition) is 1. The first-order valence-electron chi connectivity index (χ1n) is 5.25. The Bertz CT molecular complexity index is 585.